The second kappa shape index (κ2) is 16.2. The lowest BCUT2D eigenvalue weighted by Crippen LogP contribution is -2.21. The zero-order chi connectivity index (χ0) is 30.1. The van der Waals surface area contributed by atoms with E-state index in [2.05, 4.69) is 61.5 Å². The molecule has 0 heterocycles. The predicted octanol–water partition coefficient (Wildman–Crippen LogP) is 10.2. The van der Waals surface area contributed by atoms with Gasteiger partial charge in [0.15, 0.2) is 5.75 Å². The number of phenols is 1. The molecule has 0 fully saturated rings. The summed E-state index contributed by atoms with van der Waals surface area (Å²) in [7, 11) is -2.36. The Labute approximate surface area is 254 Å². The van der Waals surface area contributed by atoms with Crippen LogP contribution in [0.1, 0.15) is 124 Å². The van der Waals surface area contributed by atoms with Gasteiger partial charge in [-0.05, 0) is 82.6 Å². The SMILES string of the molecule is CCCC(C)C(C=S)c1c(C)c(Cc2ccc(O)c(C(C)C)c2)c(C)c(C(C=S)C(C)CCC)c1OO[PH](C)=O. The molecule has 7 heteroatoms. The number of hydrogen-bond acceptors (Lipinski definition) is 6. The van der Waals surface area contributed by atoms with Crippen molar-refractivity contribution in [1.82, 2.24) is 0 Å². The molecule has 0 radical (unpaired) electrons. The van der Waals surface area contributed by atoms with Crippen LogP contribution in [0.5, 0.6) is 11.5 Å². The average molecular weight is 605 g/mol. The molecule has 0 bridgehead atoms. The van der Waals surface area contributed by atoms with Gasteiger partial charge in [0.25, 0.3) is 0 Å². The molecule has 222 valence electrons. The zero-order valence-electron chi connectivity index (χ0n) is 25.8. The molecular weight excluding hydrogens is 555 g/mol. The second-order valence-electron chi connectivity index (χ2n) is 11.6. The minimum absolute atomic E-state index is 0.0517. The first-order valence-corrected chi connectivity index (χ1v) is 17.4. The molecular formula is C33H49O4PS2. The van der Waals surface area contributed by atoms with Crippen molar-refractivity contribution >= 4 is 43.2 Å². The van der Waals surface area contributed by atoms with Gasteiger partial charge in [-0.15, -0.1) is 4.67 Å². The van der Waals surface area contributed by atoms with Crippen molar-refractivity contribution in [3.63, 3.8) is 0 Å². The van der Waals surface area contributed by atoms with Gasteiger partial charge in [0.1, 0.15) is 5.75 Å². The van der Waals surface area contributed by atoms with Crippen molar-refractivity contribution in [3.8, 4) is 11.5 Å². The fourth-order valence-corrected chi connectivity index (χ4v) is 6.98. The Hall–Kier alpha value is -1.59. The van der Waals surface area contributed by atoms with Crippen LogP contribution >= 0.6 is 32.5 Å². The summed E-state index contributed by atoms with van der Waals surface area (Å²) in [6.07, 6.45) is 4.81. The van der Waals surface area contributed by atoms with Gasteiger partial charge < -0.3 is 9.99 Å². The van der Waals surface area contributed by atoms with Gasteiger partial charge in [-0.25, -0.2) is 0 Å². The third kappa shape index (κ3) is 8.25. The van der Waals surface area contributed by atoms with E-state index in [0.717, 1.165) is 59.1 Å². The topological polar surface area (TPSA) is 55.8 Å². The van der Waals surface area contributed by atoms with E-state index in [1.807, 2.05) is 16.8 Å². The minimum Gasteiger partial charge on any atom is -0.508 e. The summed E-state index contributed by atoms with van der Waals surface area (Å²) >= 11 is 11.3. The van der Waals surface area contributed by atoms with Crippen LogP contribution in [0.4, 0.5) is 0 Å². The summed E-state index contributed by atoms with van der Waals surface area (Å²) in [5.41, 5.74) is 7.50. The molecule has 0 aliphatic rings. The van der Waals surface area contributed by atoms with Gasteiger partial charge in [-0.1, -0.05) is 104 Å². The van der Waals surface area contributed by atoms with Gasteiger partial charge in [0.2, 0.25) is 8.03 Å². The van der Waals surface area contributed by atoms with Crippen molar-refractivity contribution in [3.05, 3.63) is 57.1 Å². The van der Waals surface area contributed by atoms with Crippen LogP contribution in [0.15, 0.2) is 18.2 Å². The van der Waals surface area contributed by atoms with Crippen LogP contribution in [-0.4, -0.2) is 22.5 Å². The molecule has 0 aliphatic carbocycles. The van der Waals surface area contributed by atoms with Crippen molar-refractivity contribution in [1.29, 1.82) is 0 Å². The molecule has 0 amide bonds. The first-order valence-electron chi connectivity index (χ1n) is 14.7. The third-order valence-electron chi connectivity index (χ3n) is 8.21. The Morgan fingerprint density at radius 2 is 1.43 bits per heavy atom. The number of hydrogen-bond donors (Lipinski definition) is 1. The largest absolute Gasteiger partial charge is 0.508 e. The van der Waals surface area contributed by atoms with Crippen LogP contribution in [0.25, 0.3) is 0 Å². The summed E-state index contributed by atoms with van der Waals surface area (Å²) in [4.78, 5) is 6.05. The average Bonchev–Trinajstić information content (AvgIpc) is 2.89. The Balaban J connectivity index is 2.99. The summed E-state index contributed by atoms with van der Waals surface area (Å²) in [5.74, 6) is 1.62. The van der Waals surface area contributed by atoms with Gasteiger partial charge in [-0.2, -0.15) is 0 Å². The Morgan fingerprint density at radius 3 is 1.82 bits per heavy atom. The van der Waals surface area contributed by atoms with Crippen molar-refractivity contribution < 1.29 is 19.2 Å². The lowest BCUT2D eigenvalue weighted by Gasteiger charge is -2.32. The molecule has 5 unspecified atom stereocenters. The van der Waals surface area contributed by atoms with E-state index in [0.29, 0.717) is 17.9 Å². The number of rotatable bonds is 16. The van der Waals surface area contributed by atoms with E-state index in [1.165, 1.54) is 12.2 Å². The highest BCUT2D eigenvalue weighted by Crippen LogP contribution is 2.47. The fourth-order valence-electron chi connectivity index (χ4n) is 5.97. The van der Waals surface area contributed by atoms with Crippen LogP contribution < -0.4 is 4.89 Å². The molecule has 40 heavy (non-hydrogen) atoms. The first-order chi connectivity index (χ1) is 18.9. The lowest BCUT2D eigenvalue weighted by molar-refractivity contribution is -0.0930. The van der Waals surface area contributed by atoms with Crippen LogP contribution in [0.2, 0.25) is 0 Å². The highest BCUT2D eigenvalue weighted by Gasteiger charge is 2.33. The molecule has 4 nitrogen and oxygen atoms in total. The summed E-state index contributed by atoms with van der Waals surface area (Å²) in [6, 6.07) is 5.92. The van der Waals surface area contributed by atoms with E-state index in [1.54, 1.807) is 6.07 Å². The highest BCUT2D eigenvalue weighted by molar-refractivity contribution is 7.79. The smallest absolute Gasteiger partial charge is 0.234 e. The Morgan fingerprint density at radius 1 is 0.925 bits per heavy atom. The standard InChI is InChI=1S/C33H49O4PS2/c1-10-12-21(5)28(18-39)31-23(7)27(17-25-14-15-30(34)26(16-25)20(3)4)24(8)32(33(31)36-37-38(9)35)29(19-40)22(6)13-11-2/h14-16,18-22,28-29,34,38H,10-13,17H2,1-9H3. The summed E-state index contributed by atoms with van der Waals surface area (Å²) in [6.45, 7) is 18.8. The maximum atomic E-state index is 12.1. The number of thiocarbonyl (C=S) groups is 2. The molecule has 2 rings (SSSR count). The van der Waals surface area contributed by atoms with Crippen LogP contribution in [-0.2, 0) is 15.7 Å². The van der Waals surface area contributed by atoms with E-state index in [4.69, 9.17) is 34.0 Å². The fraction of sp³-hybridized carbons (Fsp3) is 0.576. The van der Waals surface area contributed by atoms with E-state index < -0.39 is 8.03 Å². The quantitative estimate of drug-likeness (QED) is 0.0890. The van der Waals surface area contributed by atoms with Gasteiger partial charge in [-0.3, -0.25) is 4.57 Å². The summed E-state index contributed by atoms with van der Waals surface area (Å²) in [5, 5.41) is 14.2. The molecule has 2 aromatic rings. The molecule has 5 atom stereocenters. The van der Waals surface area contributed by atoms with Crippen LogP contribution in [0, 0.1) is 25.7 Å². The zero-order valence-corrected chi connectivity index (χ0v) is 28.4. The van der Waals surface area contributed by atoms with E-state index in [9.17, 15) is 9.67 Å². The molecule has 0 aliphatic heterocycles. The molecule has 1 N–H and O–H groups in total. The van der Waals surface area contributed by atoms with E-state index >= 15 is 0 Å². The lowest BCUT2D eigenvalue weighted by atomic mass is 9.74. The number of benzene rings is 2. The maximum Gasteiger partial charge on any atom is 0.234 e. The van der Waals surface area contributed by atoms with Gasteiger partial charge >= 0.3 is 0 Å². The normalized spacial score (nSPS) is 15.3. The van der Waals surface area contributed by atoms with Gasteiger partial charge in [0, 0.05) is 29.6 Å². The minimum atomic E-state index is -2.36. The predicted molar refractivity (Wildman–Crippen MR) is 178 cm³/mol. The summed E-state index contributed by atoms with van der Waals surface area (Å²) < 4.78 is 17.6. The Kier molecular flexibility index (Phi) is 14.0. The third-order valence-corrected chi connectivity index (χ3v) is 9.12. The number of phenolic OH excluding ortho intramolecular Hbond substituents is 1. The second-order valence-corrected chi connectivity index (χ2v) is 13.3. The van der Waals surface area contributed by atoms with Crippen molar-refractivity contribution in [2.24, 2.45) is 11.8 Å². The molecule has 2 aromatic carbocycles. The van der Waals surface area contributed by atoms with Crippen molar-refractivity contribution in [2.45, 2.75) is 105 Å². The molecule has 0 aromatic heterocycles. The number of aromatic hydroxyl groups is 1. The van der Waals surface area contributed by atoms with Crippen molar-refractivity contribution in [2.75, 3.05) is 6.66 Å². The maximum absolute atomic E-state index is 12.1. The Bertz CT molecular complexity index is 1140. The van der Waals surface area contributed by atoms with Crippen LogP contribution in [0.3, 0.4) is 0 Å². The highest BCUT2D eigenvalue weighted by atomic mass is 32.1. The molecule has 0 spiro atoms. The van der Waals surface area contributed by atoms with Gasteiger partial charge in [0.05, 0.1) is 0 Å². The first kappa shape index (κ1) is 34.6. The van der Waals surface area contributed by atoms with E-state index in [-0.39, 0.29) is 29.6 Å². The monoisotopic (exact) mass is 604 g/mol. The molecule has 0 saturated carbocycles. The molecule has 0 saturated heterocycles.